The summed E-state index contributed by atoms with van der Waals surface area (Å²) in [6.45, 7) is 1.82. The van der Waals surface area contributed by atoms with Crippen LogP contribution in [-0.2, 0) is 10.9 Å². The minimum Gasteiger partial charge on any atom is -0.448 e. The first-order chi connectivity index (χ1) is 10.3. The number of hydrogen-bond acceptors (Lipinski definition) is 3. The molecule has 9 heteroatoms. The van der Waals surface area contributed by atoms with Crippen molar-refractivity contribution in [2.45, 2.75) is 13.1 Å². The highest BCUT2D eigenvalue weighted by Crippen LogP contribution is 2.30. The summed E-state index contributed by atoms with van der Waals surface area (Å²) in [5, 5.41) is 0. The van der Waals surface area contributed by atoms with Crippen molar-refractivity contribution in [3.63, 3.8) is 0 Å². The maximum Gasteiger partial charge on any atom is 0.436 e. The molecule has 1 amide bonds. The zero-order valence-electron chi connectivity index (χ0n) is 11.2. The van der Waals surface area contributed by atoms with Crippen LogP contribution in [0.1, 0.15) is 12.5 Å². The topological polar surface area (TPSA) is 43.6 Å². The normalized spacial score (nSPS) is 12.5. The van der Waals surface area contributed by atoms with E-state index in [2.05, 4.69) is 4.99 Å². The molecule has 22 heavy (non-hydrogen) atoms. The zero-order valence-corrected chi connectivity index (χ0v) is 14.2. The van der Waals surface area contributed by atoms with Gasteiger partial charge in [0.1, 0.15) is 0 Å². The highest BCUT2D eigenvalue weighted by atomic mass is 127. The summed E-state index contributed by atoms with van der Waals surface area (Å²) in [6, 6.07) is 4.82. The van der Waals surface area contributed by atoms with Crippen molar-refractivity contribution in [3.8, 4) is 5.69 Å². The van der Waals surface area contributed by atoms with Gasteiger partial charge in [0.2, 0.25) is 4.80 Å². The van der Waals surface area contributed by atoms with Crippen molar-refractivity contribution in [2.75, 3.05) is 6.61 Å². The highest BCUT2D eigenvalue weighted by Gasteiger charge is 2.30. The van der Waals surface area contributed by atoms with E-state index in [-0.39, 0.29) is 17.1 Å². The molecule has 0 aliphatic heterocycles. The largest absolute Gasteiger partial charge is 0.448 e. The molecule has 0 atom stereocenters. The van der Waals surface area contributed by atoms with Crippen LogP contribution in [0, 0.1) is 2.88 Å². The fraction of sp³-hybridized carbons (Fsp3) is 0.231. The molecule has 0 unspecified atom stereocenters. The Labute approximate surface area is 141 Å². The van der Waals surface area contributed by atoms with Gasteiger partial charge in [-0.2, -0.15) is 13.2 Å². The van der Waals surface area contributed by atoms with Crippen LogP contribution in [0.4, 0.5) is 18.0 Å². The van der Waals surface area contributed by atoms with Crippen LogP contribution in [0.2, 0.25) is 0 Å². The van der Waals surface area contributed by atoms with E-state index in [0.29, 0.717) is 0 Å². The molecule has 0 saturated carbocycles. The quantitative estimate of drug-likeness (QED) is 0.654. The number of ether oxygens (including phenoxy) is 1. The lowest BCUT2D eigenvalue weighted by atomic mass is 10.2. The number of halogens is 4. The molecule has 1 aromatic heterocycles. The number of rotatable bonds is 2. The van der Waals surface area contributed by atoms with Crippen molar-refractivity contribution >= 4 is 40.0 Å². The first kappa shape index (κ1) is 17.0. The van der Waals surface area contributed by atoms with Crippen LogP contribution >= 0.6 is 33.9 Å². The number of thiazole rings is 1. The number of aromatic nitrogens is 1. The molecule has 0 fully saturated rings. The van der Waals surface area contributed by atoms with Gasteiger partial charge in [0.05, 0.1) is 15.1 Å². The predicted octanol–water partition coefficient (Wildman–Crippen LogP) is 4.22. The number of benzene rings is 1. The van der Waals surface area contributed by atoms with Gasteiger partial charge in [0.25, 0.3) is 0 Å². The molecule has 0 aliphatic carbocycles. The summed E-state index contributed by atoms with van der Waals surface area (Å²) in [7, 11) is 0. The molecule has 2 rings (SSSR count). The van der Waals surface area contributed by atoms with E-state index in [1.807, 2.05) is 22.6 Å². The third-order valence-corrected chi connectivity index (χ3v) is 4.24. The average molecular weight is 442 g/mol. The van der Waals surface area contributed by atoms with Gasteiger partial charge in [-0.3, -0.25) is 4.57 Å². The molecule has 0 spiro atoms. The van der Waals surface area contributed by atoms with E-state index < -0.39 is 17.8 Å². The van der Waals surface area contributed by atoms with E-state index in [0.717, 1.165) is 15.0 Å². The third-order valence-electron chi connectivity index (χ3n) is 2.53. The molecule has 2 aromatic rings. The molecule has 118 valence electrons. The molecule has 1 heterocycles. The Balaban J connectivity index is 2.52. The summed E-state index contributed by atoms with van der Waals surface area (Å²) < 4.78 is 45.3. The fourth-order valence-corrected chi connectivity index (χ4v) is 3.23. The Kier molecular flexibility index (Phi) is 5.27. The Hall–Kier alpha value is -1.36. The molecule has 0 radical (unpaired) electrons. The van der Waals surface area contributed by atoms with Crippen molar-refractivity contribution < 1.29 is 22.7 Å². The minimum absolute atomic E-state index is 0.175. The molecule has 0 N–H and O–H groups in total. The van der Waals surface area contributed by atoms with E-state index in [1.54, 1.807) is 13.1 Å². The minimum atomic E-state index is -4.43. The number of amides is 1. The fourth-order valence-electron chi connectivity index (χ4n) is 1.65. The van der Waals surface area contributed by atoms with Gasteiger partial charge in [-0.05, 0) is 47.7 Å². The predicted molar refractivity (Wildman–Crippen MR) is 84.0 cm³/mol. The van der Waals surface area contributed by atoms with Gasteiger partial charge in [-0.15, -0.1) is 4.99 Å². The Morgan fingerprint density at radius 3 is 2.82 bits per heavy atom. The van der Waals surface area contributed by atoms with E-state index >= 15 is 0 Å². The number of carbonyl (C=O) groups excluding carboxylic acids is 1. The summed E-state index contributed by atoms with van der Waals surface area (Å²) in [6.07, 6.45) is -3.60. The van der Waals surface area contributed by atoms with Gasteiger partial charge >= 0.3 is 12.3 Å². The average Bonchev–Trinajstić information content (AvgIpc) is 2.79. The molecular weight excluding hydrogens is 432 g/mol. The van der Waals surface area contributed by atoms with E-state index in [1.165, 1.54) is 28.0 Å². The van der Waals surface area contributed by atoms with Gasteiger partial charge in [0.15, 0.2) is 0 Å². The smallest absolute Gasteiger partial charge is 0.436 e. The first-order valence-electron chi connectivity index (χ1n) is 6.08. The van der Waals surface area contributed by atoms with Gasteiger partial charge in [-0.1, -0.05) is 17.4 Å². The summed E-state index contributed by atoms with van der Waals surface area (Å²) in [5.74, 6) is 0. The second-order valence-corrected chi connectivity index (χ2v) is 6.95. The summed E-state index contributed by atoms with van der Waals surface area (Å²) in [4.78, 5) is 15.5. The van der Waals surface area contributed by atoms with E-state index in [9.17, 15) is 18.0 Å². The maximum atomic E-state index is 12.8. The summed E-state index contributed by atoms with van der Waals surface area (Å²) >= 11 is 3.19. The number of alkyl halides is 3. The number of carbonyl (C=O) groups is 1. The highest BCUT2D eigenvalue weighted by molar-refractivity contribution is 14.1. The van der Waals surface area contributed by atoms with Crippen LogP contribution in [0.3, 0.4) is 0 Å². The molecule has 4 nitrogen and oxygen atoms in total. The van der Waals surface area contributed by atoms with E-state index in [4.69, 9.17) is 4.74 Å². The Morgan fingerprint density at radius 2 is 2.18 bits per heavy atom. The lowest BCUT2D eigenvalue weighted by molar-refractivity contribution is -0.137. The second-order valence-electron chi connectivity index (χ2n) is 4.05. The standard InChI is InChI=1S/C13H10F3IN2O2S/c1-2-21-12(20)18-11-19(7-10(17)22-11)9-5-3-4-8(6-9)13(14,15)16/h3-7H,2H2,1H3/b18-11+. The number of nitrogens with zero attached hydrogens (tertiary/aromatic N) is 2. The van der Waals surface area contributed by atoms with Gasteiger partial charge in [-0.25, -0.2) is 4.79 Å². The molecular formula is C13H10F3IN2O2S. The first-order valence-corrected chi connectivity index (χ1v) is 7.98. The molecule has 1 aromatic carbocycles. The molecule has 0 bridgehead atoms. The van der Waals surface area contributed by atoms with Gasteiger partial charge in [0, 0.05) is 11.9 Å². The lowest BCUT2D eigenvalue weighted by Crippen LogP contribution is -2.16. The Morgan fingerprint density at radius 1 is 1.45 bits per heavy atom. The summed E-state index contributed by atoms with van der Waals surface area (Å²) in [5.41, 5.74) is -0.488. The van der Waals surface area contributed by atoms with Gasteiger partial charge < -0.3 is 4.74 Å². The SMILES string of the molecule is CCOC(=O)/N=c1/sc(I)cn1-c1cccc(C(F)(F)F)c1. The van der Waals surface area contributed by atoms with Crippen molar-refractivity contribution in [3.05, 3.63) is 43.7 Å². The number of hydrogen-bond donors (Lipinski definition) is 0. The maximum absolute atomic E-state index is 12.8. The lowest BCUT2D eigenvalue weighted by Gasteiger charge is -2.09. The third kappa shape index (κ3) is 4.09. The van der Waals surface area contributed by atoms with Crippen LogP contribution in [0.5, 0.6) is 0 Å². The zero-order chi connectivity index (χ0) is 16.3. The van der Waals surface area contributed by atoms with Crippen LogP contribution in [-0.4, -0.2) is 17.3 Å². The van der Waals surface area contributed by atoms with Crippen LogP contribution in [0.25, 0.3) is 5.69 Å². The van der Waals surface area contributed by atoms with Crippen molar-refractivity contribution in [1.82, 2.24) is 4.57 Å². The van der Waals surface area contributed by atoms with Crippen molar-refractivity contribution in [1.29, 1.82) is 0 Å². The van der Waals surface area contributed by atoms with Crippen LogP contribution in [0.15, 0.2) is 35.5 Å². The second kappa shape index (κ2) is 6.82. The monoisotopic (exact) mass is 442 g/mol. The van der Waals surface area contributed by atoms with Crippen molar-refractivity contribution in [2.24, 2.45) is 4.99 Å². The van der Waals surface area contributed by atoms with Crippen LogP contribution < -0.4 is 4.80 Å². The molecule has 0 saturated heterocycles. The Bertz CT molecular complexity index is 752. The molecule has 0 aliphatic rings.